The molecule has 1 unspecified atom stereocenters. The highest BCUT2D eigenvalue weighted by Crippen LogP contribution is 2.29. The highest BCUT2D eigenvalue weighted by atomic mass is 32.1. The molecule has 1 aliphatic rings. The number of nitrogens with one attached hydrogen (secondary N) is 3. The molecule has 0 aromatic carbocycles. The summed E-state index contributed by atoms with van der Waals surface area (Å²) in [4.78, 5) is 41.6. The number of rotatable bonds is 8. The van der Waals surface area contributed by atoms with Gasteiger partial charge in [0, 0.05) is 18.3 Å². The maximum absolute atomic E-state index is 12.6. The van der Waals surface area contributed by atoms with Crippen LogP contribution in [0.15, 0.2) is 0 Å². The molecule has 7 nitrogen and oxygen atoms in total. The molecule has 150 valence electrons. The summed E-state index contributed by atoms with van der Waals surface area (Å²) < 4.78 is 0. The number of carbonyl (C=O) groups excluding carboxylic acids is 3. The second-order valence-corrected chi connectivity index (χ2v) is 8.62. The fourth-order valence-electron chi connectivity index (χ4n) is 3.60. The number of aryl methyl sites for hydroxylation is 2. The van der Waals surface area contributed by atoms with Crippen LogP contribution in [0.25, 0.3) is 0 Å². The molecule has 3 amide bonds. The van der Waals surface area contributed by atoms with Crippen molar-refractivity contribution in [3.05, 3.63) is 15.6 Å². The molecule has 3 N–H and O–H groups in total. The number of amides is 3. The van der Waals surface area contributed by atoms with Crippen molar-refractivity contribution in [2.45, 2.75) is 77.8 Å². The second-order valence-electron chi connectivity index (χ2n) is 7.33. The van der Waals surface area contributed by atoms with Crippen molar-refractivity contribution in [1.29, 1.82) is 0 Å². The van der Waals surface area contributed by atoms with Gasteiger partial charge < -0.3 is 16.0 Å². The molecule has 1 aromatic rings. The first-order valence-electron chi connectivity index (χ1n) is 9.53. The Hall–Kier alpha value is -1.96. The molecule has 0 spiro atoms. The summed E-state index contributed by atoms with van der Waals surface area (Å²) in [5.74, 6) is -0.468. The van der Waals surface area contributed by atoms with E-state index in [1.807, 2.05) is 20.8 Å². The van der Waals surface area contributed by atoms with Crippen molar-refractivity contribution < 1.29 is 14.4 Å². The van der Waals surface area contributed by atoms with E-state index in [0.717, 1.165) is 41.3 Å². The molecule has 1 saturated carbocycles. The summed E-state index contributed by atoms with van der Waals surface area (Å²) in [5, 5.41) is 9.71. The van der Waals surface area contributed by atoms with Crippen LogP contribution in [0.1, 0.15) is 61.5 Å². The predicted molar refractivity (Wildman–Crippen MR) is 106 cm³/mol. The number of thiazole rings is 1. The topological polar surface area (TPSA) is 100 Å². The van der Waals surface area contributed by atoms with Crippen molar-refractivity contribution in [3.8, 4) is 0 Å². The highest BCUT2D eigenvalue weighted by Gasteiger charge is 2.36. The first-order valence-corrected chi connectivity index (χ1v) is 10.3. The molecular weight excluding hydrogens is 364 g/mol. The van der Waals surface area contributed by atoms with Crippen LogP contribution in [0.5, 0.6) is 0 Å². The molecular formula is C19H30N4O3S. The zero-order valence-electron chi connectivity index (χ0n) is 16.6. The van der Waals surface area contributed by atoms with Crippen LogP contribution in [0.3, 0.4) is 0 Å². The molecule has 27 heavy (non-hydrogen) atoms. The van der Waals surface area contributed by atoms with E-state index >= 15 is 0 Å². The van der Waals surface area contributed by atoms with Crippen molar-refractivity contribution in [2.75, 3.05) is 6.54 Å². The van der Waals surface area contributed by atoms with E-state index in [9.17, 15) is 14.4 Å². The Morgan fingerprint density at radius 3 is 2.41 bits per heavy atom. The lowest BCUT2D eigenvalue weighted by Gasteiger charge is -2.31. The van der Waals surface area contributed by atoms with E-state index in [2.05, 4.69) is 20.9 Å². The van der Waals surface area contributed by atoms with Crippen LogP contribution in [0, 0.1) is 13.8 Å². The average molecular weight is 395 g/mol. The normalized spacial score (nSPS) is 16.6. The number of hydrogen-bond acceptors (Lipinski definition) is 5. The SMILES string of the molecule is CCC(NC(C)=O)C(=O)NCC1(NC(=O)Cc2sc(C)nc2C)CCCC1. The third-order valence-corrected chi connectivity index (χ3v) is 6.06. The third-order valence-electron chi connectivity index (χ3n) is 4.99. The monoisotopic (exact) mass is 394 g/mol. The Labute approximate surface area is 164 Å². The zero-order chi connectivity index (χ0) is 20.0. The molecule has 1 aromatic heterocycles. The number of nitrogens with zero attached hydrogens (tertiary/aromatic N) is 1. The lowest BCUT2D eigenvalue weighted by molar-refractivity contribution is -0.128. The van der Waals surface area contributed by atoms with E-state index in [4.69, 9.17) is 0 Å². The summed E-state index contributed by atoms with van der Waals surface area (Å²) in [6.07, 6.45) is 4.58. The minimum Gasteiger partial charge on any atom is -0.352 e. The third kappa shape index (κ3) is 6.02. The summed E-state index contributed by atoms with van der Waals surface area (Å²) in [5.41, 5.74) is 0.497. The van der Waals surface area contributed by atoms with Crippen LogP contribution in [-0.2, 0) is 20.8 Å². The highest BCUT2D eigenvalue weighted by molar-refractivity contribution is 7.11. The molecule has 1 heterocycles. The Kier molecular flexibility index (Phi) is 7.35. The molecule has 1 fully saturated rings. The molecule has 0 bridgehead atoms. The van der Waals surface area contributed by atoms with Crippen molar-refractivity contribution in [1.82, 2.24) is 20.9 Å². The first-order chi connectivity index (χ1) is 12.7. The quantitative estimate of drug-likeness (QED) is 0.625. The second kappa shape index (κ2) is 9.30. The van der Waals surface area contributed by atoms with Gasteiger partial charge in [-0.2, -0.15) is 0 Å². The fraction of sp³-hybridized carbons (Fsp3) is 0.684. The lowest BCUT2D eigenvalue weighted by atomic mass is 9.96. The summed E-state index contributed by atoms with van der Waals surface area (Å²) in [6.45, 7) is 7.50. The van der Waals surface area contributed by atoms with Gasteiger partial charge in [-0.3, -0.25) is 14.4 Å². The number of carbonyl (C=O) groups is 3. The Balaban J connectivity index is 1.96. The van der Waals surface area contributed by atoms with E-state index in [1.165, 1.54) is 6.92 Å². The van der Waals surface area contributed by atoms with Crippen molar-refractivity contribution in [3.63, 3.8) is 0 Å². The van der Waals surface area contributed by atoms with Gasteiger partial charge in [-0.15, -0.1) is 11.3 Å². The van der Waals surface area contributed by atoms with Gasteiger partial charge in [0.2, 0.25) is 17.7 Å². The Morgan fingerprint density at radius 2 is 1.89 bits per heavy atom. The number of hydrogen-bond donors (Lipinski definition) is 3. The van der Waals surface area contributed by atoms with Gasteiger partial charge in [0.1, 0.15) is 6.04 Å². The molecule has 0 radical (unpaired) electrons. The van der Waals surface area contributed by atoms with Gasteiger partial charge in [0.15, 0.2) is 0 Å². The van der Waals surface area contributed by atoms with E-state index < -0.39 is 11.6 Å². The summed E-state index contributed by atoms with van der Waals surface area (Å²) in [6, 6.07) is -0.542. The summed E-state index contributed by atoms with van der Waals surface area (Å²) in [7, 11) is 0. The minimum absolute atomic E-state index is 0.0354. The predicted octanol–water partition coefficient (Wildman–Crippen LogP) is 1.76. The standard InChI is InChI=1S/C19H30N4O3S/c1-5-15(22-13(3)24)18(26)20-11-19(8-6-7-9-19)23-17(25)10-16-12(2)21-14(4)27-16/h15H,5-11H2,1-4H3,(H,20,26)(H,22,24)(H,23,25). The molecule has 1 aliphatic carbocycles. The lowest BCUT2D eigenvalue weighted by Crippen LogP contribution is -2.56. The van der Waals surface area contributed by atoms with Gasteiger partial charge in [-0.05, 0) is 33.1 Å². The largest absolute Gasteiger partial charge is 0.352 e. The van der Waals surface area contributed by atoms with Crippen LogP contribution in [-0.4, -0.2) is 40.8 Å². The van der Waals surface area contributed by atoms with E-state index in [1.54, 1.807) is 11.3 Å². The van der Waals surface area contributed by atoms with E-state index in [-0.39, 0.29) is 17.7 Å². The van der Waals surface area contributed by atoms with E-state index in [0.29, 0.717) is 19.4 Å². The molecule has 0 saturated heterocycles. The Bertz CT molecular complexity index is 695. The van der Waals surface area contributed by atoms with Gasteiger partial charge in [0.25, 0.3) is 0 Å². The fourth-order valence-corrected chi connectivity index (χ4v) is 4.53. The average Bonchev–Trinajstić information content (AvgIpc) is 3.17. The van der Waals surface area contributed by atoms with Gasteiger partial charge >= 0.3 is 0 Å². The van der Waals surface area contributed by atoms with Crippen LogP contribution in [0.4, 0.5) is 0 Å². The smallest absolute Gasteiger partial charge is 0.242 e. The molecule has 1 atom stereocenters. The maximum Gasteiger partial charge on any atom is 0.242 e. The minimum atomic E-state index is -0.542. The van der Waals surface area contributed by atoms with Crippen LogP contribution < -0.4 is 16.0 Å². The number of aromatic nitrogens is 1. The van der Waals surface area contributed by atoms with Crippen LogP contribution in [0.2, 0.25) is 0 Å². The zero-order valence-corrected chi connectivity index (χ0v) is 17.4. The molecule has 0 aliphatic heterocycles. The van der Waals surface area contributed by atoms with Gasteiger partial charge in [-0.1, -0.05) is 19.8 Å². The molecule has 8 heteroatoms. The summed E-state index contributed by atoms with van der Waals surface area (Å²) >= 11 is 1.55. The Morgan fingerprint density at radius 1 is 1.22 bits per heavy atom. The van der Waals surface area contributed by atoms with Gasteiger partial charge in [-0.25, -0.2) is 4.98 Å². The maximum atomic E-state index is 12.6. The van der Waals surface area contributed by atoms with Crippen molar-refractivity contribution >= 4 is 29.1 Å². The van der Waals surface area contributed by atoms with Crippen molar-refractivity contribution in [2.24, 2.45) is 0 Å². The first kappa shape index (κ1) is 21.3. The van der Waals surface area contributed by atoms with Gasteiger partial charge in [0.05, 0.1) is 22.7 Å². The molecule has 2 rings (SSSR count). The van der Waals surface area contributed by atoms with Crippen LogP contribution >= 0.6 is 11.3 Å².